The van der Waals surface area contributed by atoms with Gasteiger partial charge in [0.15, 0.2) is 0 Å². The Morgan fingerprint density at radius 2 is 1.77 bits per heavy atom. The number of thiophene rings is 1. The number of nitrogens with one attached hydrogen (secondary N) is 2. The van der Waals surface area contributed by atoms with Crippen molar-refractivity contribution in [3.05, 3.63) is 87.6 Å². The second kappa shape index (κ2) is 10.1. The zero-order valence-electron chi connectivity index (χ0n) is 16.1. The fourth-order valence-electron chi connectivity index (χ4n) is 2.36. The van der Waals surface area contributed by atoms with Crippen molar-refractivity contribution in [2.75, 3.05) is 6.54 Å². The molecule has 0 fully saturated rings. The first-order valence-electron chi connectivity index (χ1n) is 9.04. The Hall–Kier alpha value is -3.78. The number of amides is 2. The van der Waals surface area contributed by atoms with E-state index in [2.05, 4.69) is 15.8 Å². The molecule has 2 amide bonds. The number of carbonyl (C=O) groups excluding carboxylic acids is 3. The Morgan fingerprint density at radius 3 is 2.43 bits per heavy atom. The zero-order chi connectivity index (χ0) is 21.3. The van der Waals surface area contributed by atoms with Crippen LogP contribution in [-0.2, 0) is 4.79 Å². The van der Waals surface area contributed by atoms with Gasteiger partial charge in [0.25, 0.3) is 11.8 Å². The lowest BCUT2D eigenvalue weighted by Gasteiger charge is -2.05. The van der Waals surface area contributed by atoms with Crippen LogP contribution in [0.2, 0.25) is 0 Å². The van der Waals surface area contributed by atoms with Gasteiger partial charge in [-0.05, 0) is 60.3 Å². The monoisotopic (exact) mass is 421 g/mol. The van der Waals surface area contributed by atoms with Gasteiger partial charge in [0.2, 0.25) is 0 Å². The van der Waals surface area contributed by atoms with Crippen LogP contribution >= 0.6 is 11.3 Å². The van der Waals surface area contributed by atoms with E-state index in [0.29, 0.717) is 21.8 Å². The highest BCUT2D eigenvalue weighted by Gasteiger charge is 2.09. The molecule has 7 nitrogen and oxygen atoms in total. The SMILES string of the molecule is Cc1ccc(C(=O)NCC(=O)N/N=C/c2ccc(OC(=O)c3cccs3)cc2)cc1. The number of esters is 1. The Kier molecular flexibility index (Phi) is 7.07. The average molecular weight is 421 g/mol. The van der Waals surface area contributed by atoms with Gasteiger partial charge in [0.1, 0.15) is 10.6 Å². The summed E-state index contributed by atoms with van der Waals surface area (Å²) in [7, 11) is 0. The summed E-state index contributed by atoms with van der Waals surface area (Å²) >= 11 is 1.31. The van der Waals surface area contributed by atoms with E-state index in [1.54, 1.807) is 53.9 Å². The van der Waals surface area contributed by atoms with Crippen LogP contribution in [0.5, 0.6) is 5.75 Å². The molecule has 0 radical (unpaired) electrons. The molecular formula is C22H19N3O4S. The van der Waals surface area contributed by atoms with Gasteiger partial charge in [-0.25, -0.2) is 10.2 Å². The van der Waals surface area contributed by atoms with E-state index in [4.69, 9.17) is 4.74 Å². The third-order valence-corrected chi connectivity index (χ3v) is 4.79. The Balaban J connectivity index is 1.43. The highest BCUT2D eigenvalue weighted by Crippen LogP contribution is 2.16. The molecule has 2 N–H and O–H groups in total. The number of hydrazone groups is 1. The second-order valence-corrected chi connectivity index (χ2v) is 7.23. The van der Waals surface area contributed by atoms with Gasteiger partial charge >= 0.3 is 5.97 Å². The number of rotatable bonds is 7. The number of ether oxygens (including phenoxy) is 1. The first-order chi connectivity index (χ1) is 14.5. The van der Waals surface area contributed by atoms with E-state index >= 15 is 0 Å². The van der Waals surface area contributed by atoms with Gasteiger partial charge in [-0.15, -0.1) is 11.3 Å². The van der Waals surface area contributed by atoms with E-state index < -0.39 is 11.9 Å². The lowest BCUT2D eigenvalue weighted by Crippen LogP contribution is -2.34. The van der Waals surface area contributed by atoms with Crippen LogP contribution in [-0.4, -0.2) is 30.5 Å². The van der Waals surface area contributed by atoms with Gasteiger partial charge in [-0.1, -0.05) is 23.8 Å². The number of hydrogen-bond acceptors (Lipinski definition) is 6. The number of nitrogens with zero attached hydrogens (tertiary/aromatic N) is 1. The average Bonchev–Trinajstić information content (AvgIpc) is 3.29. The maximum atomic E-state index is 12.0. The molecule has 0 atom stereocenters. The minimum Gasteiger partial charge on any atom is -0.422 e. The third-order valence-electron chi connectivity index (χ3n) is 3.94. The zero-order valence-corrected chi connectivity index (χ0v) is 16.9. The van der Waals surface area contributed by atoms with E-state index in [-0.39, 0.29) is 12.5 Å². The molecular weight excluding hydrogens is 402 g/mol. The van der Waals surface area contributed by atoms with Crippen LogP contribution in [0.4, 0.5) is 0 Å². The molecule has 0 unspecified atom stereocenters. The number of carbonyl (C=O) groups is 3. The van der Waals surface area contributed by atoms with Crippen molar-refractivity contribution in [2.45, 2.75) is 6.92 Å². The van der Waals surface area contributed by atoms with Crippen LogP contribution in [0, 0.1) is 6.92 Å². The first-order valence-corrected chi connectivity index (χ1v) is 9.92. The molecule has 3 aromatic rings. The summed E-state index contributed by atoms with van der Waals surface area (Å²) in [5.41, 5.74) is 4.58. The Labute approximate surface area is 177 Å². The maximum Gasteiger partial charge on any atom is 0.353 e. The quantitative estimate of drug-likeness (QED) is 0.265. The Morgan fingerprint density at radius 1 is 1.03 bits per heavy atom. The summed E-state index contributed by atoms with van der Waals surface area (Å²) in [6.45, 7) is 1.74. The predicted octanol–water partition coefficient (Wildman–Crippen LogP) is 3.16. The van der Waals surface area contributed by atoms with Crippen molar-refractivity contribution in [3.63, 3.8) is 0 Å². The highest BCUT2D eigenvalue weighted by atomic mass is 32.1. The number of benzene rings is 2. The van der Waals surface area contributed by atoms with E-state index in [1.807, 2.05) is 19.1 Å². The number of aryl methyl sites for hydroxylation is 1. The molecule has 8 heteroatoms. The normalized spacial score (nSPS) is 10.6. The van der Waals surface area contributed by atoms with Crippen molar-refractivity contribution in [2.24, 2.45) is 5.10 Å². The third kappa shape index (κ3) is 6.11. The highest BCUT2D eigenvalue weighted by molar-refractivity contribution is 7.12. The summed E-state index contributed by atoms with van der Waals surface area (Å²) < 4.78 is 5.27. The number of hydrogen-bond donors (Lipinski definition) is 2. The molecule has 1 heterocycles. The lowest BCUT2D eigenvalue weighted by atomic mass is 10.1. The molecule has 2 aromatic carbocycles. The molecule has 0 aliphatic rings. The summed E-state index contributed by atoms with van der Waals surface area (Å²) in [4.78, 5) is 36.2. The maximum absolute atomic E-state index is 12.0. The molecule has 1 aromatic heterocycles. The topological polar surface area (TPSA) is 96.9 Å². The minimum atomic E-state index is -0.451. The molecule has 0 saturated carbocycles. The van der Waals surface area contributed by atoms with Crippen molar-refractivity contribution >= 4 is 35.3 Å². The second-order valence-electron chi connectivity index (χ2n) is 6.28. The van der Waals surface area contributed by atoms with Gasteiger partial charge in [-0.3, -0.25) is 9.59 Å². The van der Waals surface area contributed by atoms with Crippen LogP contribution in [0.15, 0.2) is 71.1 Å². The Bertz CT molecular complexity index is 1040. The van der Waals surface area contributed by atoms with Gasteiger partial charge in [0, 0.05) is 5.56 Å². The van der Waals surface area contributed by atoms with Crippen LogP contribution in [0.3, 0.4) is 0 Å². The largest absolute Gasteiger partial charge is 0.422 e. The standard InChI is InChI=1S/C22H19N3O4S/c1-15-4-8-17(9-5-15)21(27)23-14-20(26)25-24-13-16-6-10-18(11-7-16)29-22(28)19-3-2-12-30-19/h2-13H,14H2,1H3,(H,23,27)(H,25,26)/b24-13+. The molecule has 0 aliphatic heterocycles. The lowest BCUT2D eigenvalue weighted by molar-refractivity contribution is -0.120. The predicted molar refractivity (Wildman–Crippen MR) is 115 cm³/mol. The molecule has 0 spiro atoms. The van der Waals surface area contributed by atoms with E-state index in [1.165, 1.54) is 17.6 Å². The van der Waals surface area contributed by atoms with Gasteiger partial charge in [-0.2, -0.15) is 5.10 Å². The van der Waals surface area contributed by atoms with E-state index in [0.717, 1.165) is 5.56 Å². The van der Waals surface area contributed by atoms with Crippen LogP contribution in [0.25, 0.3) is 0 Å². The van der Waals surface area contributed by atoms with Crippen molar-refractivity contribution in [1.82, 2.24) is 10.7 Å². The smallest absolute Gasteiger partial charge is 0.353 e. The van der Waals surface area contributed by atoms with Crippen molar-refractivity contribution in [1.29, 1.82) is 0 Å². The minimum absolute atomic E-state index is 0.193. The summed E-state index contributed by atoms with van der Waals surface area (Å²) in [6.07, 6.45) is 1.45. The summed E-state index contributed by atoms with van der Waals surface area (Å²) in [6, 6.07) is 17.2. The fraction of sp³-hybridized carbons (Fsp3) is 0.0909. The summed E-state index contributed by atoms with van der Waals surface area (Å²) in [5, 5.41) is 8.19. The van der Waals surface area contributed by atoms with Crippen LogP contribution < -0.4 is 15.5 Å². The van der Waals surface area contributed by atoms with Crippen molar-refractivity contribution < 1.29 is 19.1 Å². The summed E-state index contributed by atoms with van der Waals surface area (Å²) in [5.74, 6) is -0.783. The molecule has 0 aliphatic carbocycles. The molecule has 0 saturated heterocycles. The molecule has 3 rings (SSSR count). The van der Waals surface area contributed by atoms with E-state index in [9.17, 15) is 14.4 Å². The van der Waals surface area contributed by atoms with Crippen LogP contribution in [0.1, 0.15) is 31.2 Å². The molecule has 152 valence electrons. The first kappa shape index (κ1) is 20.9. The van der Waals surface area contributed by atoms with Gasteiger partial charge < -0.3 is 10.1 Å². The van der Waals surface area contributed by atoms with Crippen molar-refractivity contribution in [3.8, 4) is 5.75 Å². The fourth-order valence-corrected chi connectivity index (χ4v) is 2.96. The molecule has 0 bridgehead atoms. The van der Waals surface area contributed by atoms with Gasteiger partial charge in [0.05, 0.1) is 12.8 Å². The molecule has 30 heavy (non-hydrogen) atoms.